The summed E-state index contributed by atoms with van der Waals surface area (Å²) in [5.41, 5.74) is 2.77. The maximum atomic E-state index is 6.29. The van der Waals surface area contributed by atoms with E-state index in [0.717, 1.165) is 41.0 Å². The van der Waals surface area contributed by atoms with E-state index in [2.05, 4.69) is 17.2 Å². The van der Waals surface area contributed by atoms with E-state index < -0.39 is 0 Å². The van der Waals surface area contributed by atoms with Gasteiger partial charge in [-0.05, 0) is 31.5 Å². The third-order valence-electron chi connectivity index (χ3n) is 2.79. The second-order valence-electron chi connectivity index (χ2n) is 4.21. The number of rotatable bonds is 4. The van der Waals surface area contributed by atoms with E-state index in [4.69, 9.17) is 16.3 Å². The van der Waals surface area contributed by atoms with Crippen molar-refractivity contribution in [2.24, 2.45) is 0 Å². The highest BCUT2D eigenvalue weighted by atomic mass is 35.5. The van der Waals surface area contributed by atoms with Crippen LogP contribution in [0.3, 0.4) is 0 Å². The highest BCUT2D eigenvalue weighted by Crippen LogP contribution is 2.35. The lowest BCUT2D eigenvalue weighted by molar-refractivity contribution is 0.419. The zero-order chi connectivity index (χ0) is 13.1. The number of aromatic nitrogens is 1. The van der Waals surface area contributed by atoms with E-state index in [-0.39, 0.29) is 0 Å². The number of pyridine rings is 1. The largest absolute Gasteiger partial charge is 0.494 e. The molecule has 1 aromatic heterocycles. The number of halogens is 1. The van der Waals surface area contributed by atoms with Crippen LogP contribution in [-0.2, 0) is 0 Å². The Hall–Kier alpha value is -1.48. The zero-order valence-electron chi connectivity index (χ0n) is 10.9. The summed E-state index contributed by atoms with van der Waals surface area (Å²) < 4.78 is 5.35. The molecule has 1 aromatic carbocycles. The molecule has 0 aliphatic carbocycles. The van der Waals surface area contributed by atoms with Crippen LogP contribution in [0.25, 0.3) is 10.9 Å². The van der Waals surface area contributed by atoms with Gasteiger partial charge in [0.05, 0.1) is 12.1 Å². The molecule has 18 heavy (non-hydrogen) atoms. The van der Waals surface area contributed by atoms with Gasteiger partial charge in [0.15, 0.2) is 0 Å². The molecular weight excluding hydrogens is 248 g/mol. The van der Waals surface area contributed by atoms with Crippen molar-refractivity contribution in [2.45, 2.75) is 20.3 Å². The minimum atomic E-state index is 0.692. The Labute approximate surface area is 112 Å². The molecule has 0 radical (unpaired) electrons. The average molecular weight is 265 g/mol. The van der Waals surface area contributed by atoms with Crippen LogP contribution in [0.5, 0.6) is 5.75 Å². The highest BCUT2D eigenvalue weighted by Gasteiger charge is 2.11. The predicted octanol–water partition coefficient (Wildman–Crippen LogP) is 4.03. The van der Waals surface area contributed by atoms with E-state index in [1.807, 2.05) is 25.1 Å². The van der Waals surface area contributed by atoms with E-state index in [0.29, 0.717) is 5.02 Å². The van der Waals surface area contributed by atoms with Crippen LogP contribution in [0.2, 0.25) is 5.02 Å². The normalized spacial score (nSPS) is 10.7. The molecule has 0 atom stereocenters. The molecule has 0 amide bonds. The Morgan fingerprint density at radius 1 is 1.39 bits per heavy atom. The van der Waals surface area contributed by atoms with Crippen LogP contribution >= 0.6 is 11.6 Å². The monoisotopic (exact) mass is 264 g/mol. The number of ether oxygens (including phenoxy) is 1. The smallest absolute Gasteiger partial charge is 0.145 e. The molecule has 1 N–H and O–H groups in total. The molecule has 3 nitrogen and oxygen atoms in total. The third-order valence-corrected chi connectivity index (χ3v) is 3.10. The number of nitrogens with one attached hydrogen (secondary N) is 1. The molecule has 96 valence electrons. The van der Waals surface area contributed by atoms with Gasteiger partial charge in [0, 0.05) is 23.3 Å². The fourth-order valence-corrected chi connectivity index (χ4v) is 2.22. The van der Waals surface area contributed by atoms with Crippen LogP contribution in [0.1, 0.15) is 19.0 Å². The van der Waals surface area contributed by atoms with Crippen molar-refractivity contribution in [1.82, 2.24) is 4.98 Å². The molecule has 2 aromatic rings. The van der Waals surface area contributed by atoms with Gasteiger partial charge in [-0.15, -0.1) is 0 Å². The molecule has 0 bridgehead atoms. The lowest BCUT2D eigenvalue weighted by Crippen LogP contribution is -2.02. The Kier molecular flexibility index (Phi) is 3.92. The summed E-state index contributed by atoms with van der Waals surface area (Å²) in [4.78, 5) is 4.53. The summed E-state index contributed by atoms with van der Waals surface area (Å²) in [5.74, 6) is 0.748. The summed E-state index contributed by atoms with van der Waals surface area (Å²) in [6.07, 6.45) is 1.06. The highest BCUT2D eigenvalue weighted by molar-refractivity contribution is 6.36. The van der Waals surface area contributed by atoms with Crippen LogP contribution in [0, 0.1) is 6.92 Å². The van der Waals surface area contributed by atoms with Crippen molar-refractivity contribution >= 4 is 28.2 Å². The number of hydrogen-bond donors (Lipinski definition) is 1. The van der Waals surface area contributed by atoms with Crippen molar-refractivity contribution in [2.75, 3.05) is 19.0 Å². The number of benzene rings is 1. The minimum Gasteiger partial charge on any atom is -0.494 e. The van der Waals surface area contributed by atoms with Gasteiger partial charge >= 0.3 is 0 Å². The summed E-state index contributed by atoms with van der Waals surface area (Å²) >= 11 is 6.29. The SMILES string of the molecule is CCCNc1cc(C)nc2c(OC)ccc(Cl)c12. The van der Waals surface area contributed by atoms with Crippen LogP contribution in [0.4, 0.5) is 5.69 Å². The first-order valence-corrected chi connectivity index (χ1v) is 6.43. The summed E-state index contributed by atoms with van der Waals surface area (Å²) in [7, 11) is 1.64. The minimum absolute atomic E-state index is 0.692. The lowest BCUT2D eigenvalue weighted by Gasteiger charge is -2.13. The van der Waals surface area contributed by atoms with Crippen molar-refractivity contribution in [3.05, 3.63) is 28.9 Å². The average Bonchev–Trinajstić information content (AvgIpc) is 2.36. The van der Waals surface area contributed by atoms with E-state index in [9.17, 15) is 0 Å². The molecule has 1 heterocycles. The van der Waals surface area contributed by atoms with Gasteiger partial charge in [0.25, 0.3) is 0 Å². The molecule has 4 heteroatoms. The lowest BCUT2D eigenvalue weighted by atomic mass is 10.1. The molecule has 0 aliphatic rings. The van der Waals surface area contributed by atoms with Crippen molar-refractivity contribution in [1.29, 1.82) is 0 Å². The Morgan fingerprint density at radius 3 is 2.83 bits per heavy atom. The molecule has 0 aliphatic heterocycles. The fourth-order valence-electron chi connectivity index (χ4n) is 1.97. The Balaban J connectivity index is 2.69. The first kappa shape index (κ1) is 13.0. The van der Waals surface area contributed by atoms with Crippen molar-refractivity contribution in [3.63, 3.8) is 0 Å². The first-order valence-electron chi connectivity index (χ1n) is 6.05. The molecule has 0 unspecified atom stereocenters. The topological polar surface area (TPSA) is 34.2 Å². The molecular formula is C14H17ClN2O. The molecule has 2 rings (SSSR count). The number of hydrogen-bond acceptors (Lipinski definition) is 3. The molecule has 0 spiro atoms. The summed E-state index contributed by atoms with van der Waals surface area (Å²) in [6, 6.07) is 5.71. The predicted molar refractivity (Wildman–Crippen MR) is 76.8 cm³/mol. The number of aryl methyl sites for hydroxylation is 1. The third kappa shape index (κ3) is 2.36. The second kappa shape index (κ2) is 5.44. The van der Waals surface area contributed by atoms with Crippen LogP contribution in [0.15, 0.2) is 18.2 Å². The van der Waals surface area contributed by atoms with Gasteiger partial charge in [-0.2, -0.15) is 0 Å². The Bertz CT molecular complexity index is 569. The van der Waals surface area contributed by atoms with Gasteiger partial charge in [0.2, 0.25) is 0 Å². The van der Waals surface area contributed by atoms with Gasteiger partial charge in [-0.3, -0.25) is 0 Å². The van der Waals surface area contributed by atoms with Crippen molar-refractivity contribution < 1.29 is 4.74 Å². The number of nitrogens with zero attached hydrogens (tertiary/aromatic N) is 1. The van der Waals surface area contributed by atoms with Gasteiger partial charge in [0.1, 0.15) is 11.3 Å². The second-order valence-corrected chi connectivity index (χ2v) is 4.62. The van der Waals surface area contributed by atoms with Crippen molar-refractivity contribution in [3.8, 4) is 5.75 Å². The maximum absolute atomic E-state index is 6.29. The van der Waals surface area contributed by atoms with Gasteiger partial charge in [-0.25, -0.2) is 4.98 Å². The summed E-state index contributed by atoms with van der Waals surface area (Å²) in [5, 5.41) is 5.01. The number of fused-ring (bicyclic) bond motifs is 1. The summed E-state index contributed by atoms with van der Waals surface area (Å²) in [6.45, 7) is 5.01. The standard InChI is InChI=1S/C14H17ClN2O/c1-4-7-16-11-8-9(2)17-14-12(18-3)6-5-10(15)13(11)14/h5-6,8H,4,7H2,1-3H3,(H,16,17). The van der Waals surface area contributed by atoms with Crippen LogP contribution in [-0.4, -0.2) is 18.6 Å². The Morgan fingerprint density at radius 2 is 2.17 bits per heavy atom. The number of methoxy groups -OCH3 is 1. The van der Waals surface area contributed by atoms with Gasteiger partial charge < -0.3 is 10.1 Å². The molecule has 0 saturated carbocycles. The molecule has 0 saturated heterocycles. The first-order chi connectivity index (χ1) is 8.67. The van der Waals surface area contributed by atoms with Crippen LogP contribution < -0.4 is 10.1 Å². The fraction of sp³-hybridized carbons (Fsp3) is 0.357. The quantitative estimate of drug-likeness (QED) is 0.905. The van der Waals surface area contributed by atoms with E-state index in [1.54, 1.807) is 7.11 Å². The molecule has 0 fully saturated rings. The maximum Gasteiger partial charge on any atom is 0.145 e. The van der Waals surface area contributed by atoms with E-state index >= 15 is 0 Å². The van der Waals surface area contributed by atoms with Gasteiger partial charge in [-0.1, -0.05) is 18.5 Å². The van der Waals surface area contributed by atoms with E-state index in [1.165, 1.54) is 0 Å². The number of anilines is 1. The zero-order valence-corrected chi connectivity index (χ0v) is 11.6.